The van der Waals surface area contributed by atoms with Gasteiger partial charge in [-0.3, -0.25) is 4.79 Å². The van der Waals surface area contributed by atoms with Crippen molar-refractivity contribution in [2.75, 3.05) is 20.3 Å². The molecular weight excluding hydrogens is 170 g/mol. The Morgan fingerprint density at radius 2 is 2.38 bits per heavy atom. The number of aliphatic hydroxyl groups is 1. The van der Waals surface area contributed by atoms with E-state index in [0.29, 0.717) is 5.92 Å². The van der Waals surface area contributed by atoms with Crippen LogP contribution in [0.2, 0.25) is 0 Å². The lowest BCUT2D eigenvalue weighted by atomic mass is 10.1. The van der Waals surface area contributed by atoms with Crippen molar-refractivity contribution >= 4 is 5.97 Å². The second-order valence-corrected chi connectivity index (χ2v) is 3.44. The van der Waals surface area contributed by atoms with E-state index in [1.807, 2.05) is 0 Å². The maximum Gasteiger partial charge on any atom is 0.319 e. The third kappa shape index (κ3) is 2.97. The summed E-state index contributed by atoms with van der Waals surface area (Å²) in [6.45, 7) is 0.455. The van der Waals surface area contributed by atoms with E-state index in [2.05, 4.69) is 10.1 Å². The van der Waals surface area contributed by atoms with Crippen LogP contribution < -0.4 is 5.32 Å². The number of methoxy groups -OCH3 is 1. The molecule has 0 saturated heterocycles. The second-order valence-electron chi connectivity index (χ2n) is 3.44. The van der Waals surface area contributed by atoms with Crippen LogP contribution in [0.1, 0.15) is 19.3 Å². The number of esters is 1. The zero-order valence-corrected chi connectivity index (χ0v) is 7.95. The van der Waals surface area contributed by atoms with Crippen LogP contribution in [0, 0.1) is 5.92 Å². The Kier molecular flexibility index (Phi) is 4.18. The summed E-state index contributed by atoms with van der Waals surface area (Å²) in [5, 5.41) is 12.1. The van der Waals surface area contributed by atoms with E-state index in [4.69, 9.17) is 5.11 Å². The minimum Gasteiger partial charge on any atom is -0.468 e. The lowest BCUT2D eigenvalue weighted by Crippen LogP contribution is -2.37. The molecule has 0 aromatic carbocycles. The predicted octanol–water partition coefficient (Wildman–Crippen LogP) is -0.0900. The third-order valence-electron chi connectivity index (χ3n) is 2.63. The molecule has 0 aromatic heterocycles. The Hall–Kier alpha value is -0.610. The molecule has 1 saturated carbocycles. The van der Waals surface area contributed by atoms with Gasteiger partial charge in [-0.05, 0) is 18.8 Å². The molecule has 4 nitrogen and oxygen atoms in total. The van der Waals surface area contributed by atoms with Gasteiger partial charge in [0.2, 0.25) is 0 Å². The maximum atomic E-state index is 10.8. The van der Waals surface area contributed by atoms with Gasteiger partial charge in [0.15, 0.2) is 0 Å². The number of aliphatic hydroxyl groups excluding tert-OH is 1. The van der Waals surface area contributed by atoms with E-state index in [1.165, 1.54) is 7.11 Å². The van der Waals surface area contributed by atoms with Crippen molar-refractivity contribution in [3.8, 4) is 0 Å². The number of ether oxygens (including phenoxy) is 1. The fourth-order valence-electron chi connectivity index (χ4n) is 1.81. The van der Waals surface area contributed by atoms with Gasteiger partial charge in [-0.25, -0.2) is 0 Å². The molecule has 2 N–H and O–H groups in total. The van der Waals surface area contributed by atoms with Crippen molar-refractivity contribution in [3.63, 3.8) is 0 Å². The first-order chi connectivity index (χ1) is 6.27. The van der Waals surface area contributed by atoms with Crippen molar-refractivity contribution in [3.05, 3.63) is 0 Å². The molecule has 13 heavy (non-hydrogen) atoms. The Morgan fingerprint density at radius 1 is 1.62 bits per heavy atom. The van der Waals surface area contributed by atoms with Gasteiger partial charge >= 0.3 is 5.97 Å². The molecule has 4 heteroatoms. The fraction of sp³-hybridized carbons (Fsp3) is 0.889. The monoisotopic (exact) mass is 187 g/mol. The Morgan fingerprint density at radius 3 is 3.00 bits per heavy atom. The van der Waals surface area contributed by atoms with Gasteiger partial charge in [0.25, 0.3) is 0 Å². The summed E-state index contributed by atoms with van der Waals surface area (Å²) in [6, 6.07) is 0.282. The average molecular weight is 187 g/mol. The highest BCUT2D eigenvalue weighted by atomic mass is 16.5. The van der Waals surface area contributed by atoms with E-state index in [9.17, 15) is 4.79 Å². The molecule has 0 aromatic rings. The lowest BCUT2D eigenvalue weighted by Gasteiger charge is -2.17. The standard InChI is InChI=1S/C9H17NO3/c1-13-9(12)5-10-8-4-2-3-7(8)6-11/h7-8,10-11H,2-6H2,1H3. The third-order valence-corrected chi connectivity index (χ3v) is 2.63. The molecule has 1 aliphatic carbocycles. The summed E-state index contributed by atoms with van der Waals surface area (Å²) in [5.74, 6) is 0.0632. The summed E-state index contributed by atoms with van der Waals surface area (Å²) in [7, 11) is 1.38. The van der Waals surface area contributed by atoms with Crippen LogP contribution >= 0.6 is 0 Å². The number of nitrogens with one attached hydrogen (secondary N) is 1. The number of hydrogen-bond donors (Lipinski definition) is 2. The first-order valence-electron chi connectivity index (χ1n) is 4.69. The SMILES string of the molecule is COC(=O)CNC1CCCC1CO. The molecule has 76 valence electrons. The van der Waals surface area contributed by atoms with Crippen LogP contribution in [0.25, 0.3) is 0 Å². The highest BCUT2D eigenvalue weighted by molar-refractivity contribution is 5.71. The molecule has 1 rings (SSSR count). The molecular formula is C9H17NO3. The number of carbonyl (C=O) groups excluding carboxylic acids is 1. The smallest absolute Gasteiger partial charge is 0.319 e. The maximum absolute atomic E-state index is 10.8. The van der Waals surface area contributed by atoms with Crippen molar-refractivity contribution in [2.45, 2.75) is 25.3 Å². The van der Waals surface area contributed by atoms with Crippen molar-refractivity contribution in [1.29, 1.82) is 0 Å². The second kappa shape index (κ2) is 5.19. The van der Waals surface area contributed by atoms with E-state index in [1.54, 1.807) is 0 Å². The number of rotatable bonds is 4. The molecule has 2 unspecified atom stereocenters. The highest BCUT2D eigenvalue weighted by Crippen LogP contribution is 2.24. The minimum atomic E-state index is -0.247. The summed E-state index contributed by atoms with van der Waals surface area (Å²) in [5.41, 5.74) is 0. The van der Waals surface area contributed by atoms with Crippen LogP contribution in [0.15, 0.2) is 0 Å². The quantitative estimate of drug-likeness (QED) is 0.604. The van der Waals surface area contributed by atoms with Crippen LogP contribution in [-0.4, -0.2) is 37.4 Å². The molecule has 1 aliphatic rings. The van der Waals surface area contributed by atoms with Crippen molar-refractivity contribution in [2.24, 2.45) is 5.92 Å². The summed E-state index contributed by atoms with van der Waals surface area (Å²) >= 11 is 0. The van der Waals surface area contributed by atoms with Crippen molar-refractivity contribution < 1.29 is 14.6 Å². The van der Waals surface area contributed by atoms with Crippen LogP contribution in [-0.2, 0) is 9.53 Å². The topological polar surface area (TPSA) is 58.6 Å². The minimum absolute atomic E-state index is 0.207. The zero-order valence-electron chi connectivity index (χ0n) is 7.95. The summed E-state index contributed by atoms with van der Waals surface area (Å²) < 4.78 is 4.51. The van der Waals surface area contributed by atoms with Gasteiger partial charge in [-0.1, -0.05) is 6.42 Å². The average Bonchev–Trinajstić information content (AvgIpc) is 2.61. The van der Waals surface area contributed by atoms with E-state index in [0.717, 1.165) is 19.3 Å². The van der Waals surface area contributed by atoms with Gasteiger partial charge in [0.05, 0.1) is 13.7 Å². The largest absolute Gasteiger partial charge is 0.468 e. The first kappa shape index (κ1) is 10.5. The normalized spacial score (nSPS) is 27.5. The predicted molar refractivity (Wildman–Crippen MR) is 48.2 cm³/mol. The molecule has 0 radical (unpaired) electrons. The van der Waals surface area contributed by atoms with Crippen molar-refractivity contribution in [1.82, 2.24) is 5.32 Å². The molecule has 1 fully saturated rings. The Labute approximate surface area is 78.3 Å². The lowest BCUT2D eigenvalue weighted by molar-refractivity contribution is -0.139. The van der Waals surface area contributed by atoms with E-state index in [-0.39, 0.29) is 25.2 Å². The molecule has 0 bridgehead atoms. The highest BCUT2D eigenvalue weighted by Gasteiger charge is 2.26. The van der Waals surface area contributed by atoms with Gasteiger partial charge in [-0.15, -0.1) is 0 Å². The molecule has 2 atom stereocenters. The van der Waals surface area contributed by atoms with Gasteiger partial charge in [0.1, 0.15) is 0 Å². The van der Waals surface area contributed by atoms with E-state index >= 15 is 0 Å². The fourth-order valence-corrected chi connectivity index (χ4v) is 1.81. The van der Waals surface area contributed by atoms with Crippen LogP contribution in [0.5, 0.6) is 0 Å². The van der Waals surface area contributed by atoms with Gasteiger partial charge < -0.3 is 15.2 Å². The Balaban J connectivity index is 2.23. The number of carbonyl (C=O) groups is 1. The molecule has 0 heterocycles. The van der Waals surface area contributed by atoms with Crippen LogP contribution in [0.4, 0.5) is 0 Å². The summed E-state index contributed by atoms with van der Waals surface area (Å²) in [6.07, 6.45) is 3.22. The van der Waals surface area contributed by atoms with E-state index < -0.39 is 0 Å². The first-order valence-corrected chi connectivity index (χ1v) is 4.69. The van der Waals surface area contributed by atoms with Crippen LogP contribution in [0.3, 0.4) is 0 Å². The van der Waals surface area contributed by atoms with Gasteiger partial charge in [-0.2, -0.15) is 0 Å². The molecule has 0 spiro atoms. The number of hydrogen-bond acceptors (Lipinski definition) is 4. The summed E-state index contributed by atoms with van der Waals surface area (Å²) in [4.78, 5) is 10.8. The molecule has 0 amide bonds. The molecule has 0 aliphatic heterocycles. The zero-order chi connectivity index (χ0) is 9.68. The Bertz CT molecular complexity index is 172. The van der Waals surface area contributed by atoms with Gasteiger partial charge in [0, 0.05) is 12.6 Å².